The molecule has 0 N–H and O–H groups in total. The summed E-state index contributed by atoms with van der Waals surface area (Å²) in [5, 5.41) is 20.7. The van der Waals surface area contributed by atoms with Gasteiger partial charge < -0.3 is 38.5 Å². The number of aromatic nitrogens is 12. The fraction of sp³-hybridized carbons (Fsp3) is 0.527. The predicted molar refractivity (Wildman–Crippen MR) is 497 cm³/mol. The van der Waals surface area contributed by atoms with Crippen LogP contribution in [0.2, 0.25) is 0 Å². The Balaban J connectivity index is 0.000000174. The fourth-order valence-electron chi connectivity index (χ4n) is 15.7. The summed E-state index contributed by atoms with van der Waals surface area (Å²) in [4.78, 5) is 113. The van der Waals surface area contributed by atoms with E-state index >= 15 is 0 Å². The molecule has 676 valence electrons. The Morgan fingerprint density at radius 3 is 1.09 bits per heavy atom. The molecule has 14 rings (SSSR count). The van der Waals surface area contributed by atoms with Gasteiger partial charge in [-0.05, 0) is 150 Å². The molecule has 4 aromatic heterocycles. The predicted octanol–water partition coefficient (Wildman–Crippen LogP) is 8.28. The van der Waals surface area contributed by atoms with Gasteiger partial charge in [0.2, 0.25) is 0 Å². The third-order valence-electron chi connectivity index (χ3n) is 23.0. The smallest absolute Gasteiger partial charge is 0.347 e. The Hall–Kier alpha value is -11.5. The zero-order chi connectivity index (χ0) is 87.7. The Morgan fingerprint density at radius 2 is 0.648 bits per heavy atom. The minimum absolute atomic E-state index is 0. The standard InChI is InChI=1S/2C25H33N5O3.2C21H31N5O3.CH4/c1-3-18-33-22-11-10-20-8-4-5-9-21(20)24(22)29-16-14-28(15-17-29)12-6-7-13-30-25(32)27(2)23(31)19-26-30;1-3-16-33-21-17-20-8-4-5-9-22(20)23(18-21)29-14-12-28(13-15-29)10-6-7-11-30-25(32)27(2)24(31)19-26-30;1-3-15-29-19-8-6-7-18(16-19)25-13-11-24(12-14-25)9-4-5-10-26-21(28)23(2)20(27)17-22-26;1-3-16-29-19-9-5-4-8-18(19)25-14-12-24(13-15-25)10-6-7-11-26-21(28)23(2)20(27)17-22-26;/h4-5,8-11,19H,3,6-7,12-18H2,1-2H3;4-5,8-9,17-19H,3,6-7,10-16H2,1-2H3;6-8,16-17H,3-5,9-15H2,1-2H3;4-5,8-9,17H,3,6-7,10-16H2,1-2H3;1H4. The van der Waals surface area contributed by atoms with Crippen molar-refractivity contribution in [3.05, 3.63) is 229 Å². The molecule has 4 saturated heterocycles. The van der Waals surface area contributed by atoms with Crippen LogP contribution in [0.4, 0.5) is 22.7 Å². The normalized spacial score (nSPS) is 14.7. The van der Waals surface area contributed by atoms with E-state index in [0.29, 0.717) is 26.2 Å². The van der Waals surface area contributed by atoms with E-state index in [1.807, 2.05) is 18.2 Å². The molecule has 0 unspecified atom stereocenters. The second-order valence-corrected chi connectivity index (χ2v) is 32.0. The number of benzene rings is 6. The number of nitrogens with zero attached hydrogens (tertiary/aromatic N) is 20. The van der Waals surface area contributed by atoms with Crippen molar-refractivity contribution in [3.63, 3.8) is 0 Å². The number of para-hydroxylation sites is 2. The lowest BCUT2D eigenvalue weighted by atomic mass is 10.1. The van der Waals surface area contributed by atoms with Gasteiger partial charge in [0.1, 0.15) is 47.8 Å². The average Bonchev–Trinajstić information content (AvgIpc) is 0.752. The molecule has 6 aromatic carbocycles. The molecule has 8 heterocycles. The molecular formula is C93H132N20O12. The third kappa shape index (κ3) is 27.3. The van der Waals surface area contributed by atoms with E-state index in [4.69, 9.17) is 18.9 Å². The largest absolute Gasteiger partial charge is 0.494 e. The number of aryl methyl sites for hydroxylation is 4. The summed E-state index contributed by atoms with van der Waals surface area (Å²) in [5.74, 6) is 3.82. The maximum absolute atomic E-state index is 12.1. The molecule has 32 nitrogen and oxygen atoms in total. The van der Waals surface area contributed by atoms with Crippen molar-refractivity contribution >= 4 is 44.3 Å². The quantitative estimate of drug-likeness (QED) is 0.0334. The molecule has 0 bridgehead atoms. The number of ether oxygens (including phenoxy) is 4. The number of rotatable bonds is 36. The third-order valence-corrected chi connectivity index (χ3v) is 23.0. The van der Waals surface area contributed by atoms with Crippen LogP contribution in [-0.2, 0) is 54.4 Å². The van der Waals surface area contributed by atoms with Crippen molar-refractivity contribution in [1.82, 2.24) is 77.0 Å². The summed E-state index contributed by atoms with van der Waals surface area (Å²) < 4.78 is 33.6. The minimum Gasteiger partial charge on any atom is -0.494 e. The van der Waals surface area contributed by atoms with Crippen LogP contribution >= 0.6 is 0 Å². The first-order valence-electron chi connectivity index (χ1n) is 44.5. The molecule has 0 aliphatic carbocycles. The molecule has 0 atom stereocenters. The van der Waals surface area contributed by atoms with Crippen LogP contribution in [-0.4, -0.2) is 234 Å². The average molecular weight is 1720 g/mol. The topological polar surface area (TPSA) is 290 Å². The molecule has 4 aliphatic rings. The summed E-state index contributed by atoms with van der Waals surface area (Å²) >= 11 is 0. The SMILES string of the molecule is C.CCCOc1cc(N2CCN(CCCCn3ncc(=O)n(C)c3=O)CC2)c2ccccc2c1.CCCOc1ccc2ccccc2c1N1CCN(CCCCn2ncc(=O)n(C)c2=O)CC1.CCCOc1cccc(N2CCN(CCCCn3ncc(=O)n(C)c3=O)CC2)c1.CCCOc1ccccc1N1CCN(CCCCn2ncc(=O)n(C)c2=O)CC1. The highest BCUT2D eigenvalue weighted by atomic mass is 16.5. The van der Waals surface area contributed by atoms with E-state index in [9.17, 15) is 38.4 Å². The van der Waals surface area contributed by atoms with Crippen molar-refractivity contribution in [2.45, 2.75) is 138 Å². The lowest BCUT2D eigenvalue weighted by Crippen LogP contribution is -2.46. The first-order chi connectivity index (χ1) is 60.3. The summed E-state index contributed by atoms with van der Waals surface area (Å²) in [6.07, 6.45) is 16.2. The first-order valence-corrected chi connectivity index (χ1v) is 44.5. The molecule has 4 aliphatic heterocycles. The maximum Gasteiger partial charge on any atom is 0.347 e. The van der Waals surface area contributed by atoms with Gasteiger partial charge in [-0.15, -0.1) is 0 Å². The zero-order valence-electron chi connectivity index (χ0n) is 74.0. The van der Waals surface area contributed by atoms with Gasteiger partial charge in [0.05, 0.1) is 37.8 Å². The van der Waals surface area contributed by atoms with Gasteiger partial charge in [0, 0.05) is 193 Å². The Kier molecular flexibility index (Phi) is 37.7. The van der Waals surface area contributed by atoms with Crippen LogP contribution in [0.1, 0.15) is 112 Å². The van der Waals surface area contributed by atoms with Crippen molar-refractivity contribution in [1.29, 1.82) is 0 Å². The van der Waals surface area contributed by atoms with Gasteiger partial charge in [-0.2, -0.15) is 20.4 Å². The molecule has 10 aromatic rings. The highest BCUT2D eigenvalue weighted by Gasteiger charge is 2.26. The summed E-state index contributed by atoms with van der Waals surface area (Å²) in [5.41, 5.74) is 1.97. The van der Waals surface area contributed by atoms with E-state index < -0.39 is 0 Å². The number of piperazine rings is 4. The highest BCUT2D eigenvalue weighted by Crippen LogP contribution is 2.38. The lowest BCUT2D eigenvalue weighted by molar-refractivity contribution is 0.248. The van der Waals surface area contributed by atoms with Crippen LogP contribution < -0.4 is 83.5 Å². The van der Waals surface area contributed by atoms with E-state index in [-0.39, 0.29) is 52.4 Å². The fourth-order valence-corrected chi connectivity index (χ4v) is 15.7. The monoisotopic (exact) mass is 1720 g/mol. The van der Waals surface area contributed by atoms with Crippen LogP contribution in [0, 0.1) is 0 Å². The molecule has 32 heteroatoms. The van der Waals surface area contributed by atoms with Gasteiger partial charge in [0.25, 0.3) is 22.2 Å². The van der Waals surface area contributed by atoms with Crippen molar-refractivity contribution in [3.8, 4) is 23.0 Å². The Labute approximate surface area is 732 Å². The number of hydrogen-bond acceptors (Lipinski definition) is 24. The Morgan fingerprint density at radius 1 is 0.296 bits per heavy atom. The number of fused-ring (bicyclic) bond motifs is 2. The second kappa shape index (κ2) is 49.3. The van der Waals surface area contributed by atoms with Gasteiger partial charge in [0.15, 0.2) is 0 Å². The van der Waals surface area contributed by atoms with Gasteiger partial charge in [-0.25, -0.2) is 37.9 Å². The van der Waals surface area contributed by atoms with Crippen molar-refractivity contribution < 1.29 is 18.9 Å². The molecular weight excluding hydrogens is 1590 g/mol. The number of anilines is 4. The van der Waals surface area contributed by atoms with Gasteiger partial charge in [-0.3, -0.25) is 57.0 Å². The molecule has 0 amide bonds. The minimum atomic E-state index is -0.372. The number of hydrogen-bond donors (Lipinski definition) is 0. The zero-order valence-corrected chi connectivity index (χ0v) is 74.0. The summed E-state index contributed by atoms with van der Waals surface area (Å²) in [6, 6.07) is 42.2. The number of unbranched alkanes of at least 4 members (excludes halogenated alkanes) is 4. The van der Waals surface area contributed by atoms with E-state index in [2.05, 4.69) is 190 Å². The first kappa shape index (κ1) is 95.7. The van der Waals surface area contributed by atoms with E-state index in [0.717, 1.165) is 276 Å². The van der Waals surface area contributed by atoms with E-state index in [1.54, 1.807) is 0 Å². The molecule has 0 radical (unpaired) electrons. The van der Waals surface area contributed by atoms with Gasteiger partial charge in [-0.1, -0.05) is 108 Å². The van der Waals surface area contributed by atoms with E-state index in [1.165, 1.54) is 116 Å². The second-order valence-electron chi connectivity index (χ2n) is 32.0. The van der Waals surface area contributed by atoms with Gasteiger partial charge >= 0.3 is 22.8 Å². The van der Waals surface area contributed by atoms with Crippen LogP contribution in [0.3, 0.4) is 0 Å². The Bertz CT molecular complexity index is 5530. The summed E-state index contributed by atoms with van der Waals surface area (Å²) in [6.45, 7) is 33.5. The van der Waals surface area contributed by atoms with Crippen LogP contribution in [0.5, 0.6) is 23.0 Å². The highest BCUT2D eigenvalue weighted by molar-refractivity contribution is 5.98. The molecule has 125 heavy (non-hydrogen) atoms. The molecule has 0 spiro atoms. The van der Waals surface area contributed by atoms with Crippen LogP contribution in [0.25, 0.3) is 21.5 Å². The lowest BCUT2D eigenvalue weighted by Gasteiger charge is -2.37. The van der Waals surface area contributed by atoms with Crippen molar-refractivity contribution in [2.75, 3.05) is 177 Å². The molecule has 4 fully saturated rings. The van der Waals surface area contributed by atoms with Crippen LogP contribution in [0.15, 0.2) is 184 Å². The molecule has 0 saturated carbocycles. The summed E-state index contributed by atoms with van der Waals surface area (Å²) in [7, 11) is 5.93. The van der Waals surface area contributed by atoms with Crippen molar-refractivity contribution in [2.24, 2.45) is 28.2 Å². The maximum atomic E-state index is 12.1.